The fourth-order valence-electron chi connectivity index (χ4n) is 6.05. The molecule has 43 heavy (non-hydrogen) atoms. The van der Waals surface area contributed by atoms with Crippen molar-refractivity contribution in [2.45, 2.75) is 58.1 Å². The van der Waals surface area contributed by atoms with E-state index >= 15 is 0 Å². The van der Waals surface area contributed by atoms with E-state index in [-0.39, 0.29) is 5.91 Å². The predicted molar refractivity (Wildman–Crippen MR) is 168 cm³/mol. The summed E-state index contributed by atoms with van der Waals surface area (Å²) in [5, 5.41) is 11.4. The van der Waals surface area contributed by atoms with Crippen LogP contribution in [-0.2, 0) is 38.3 Å². The summed E-state index contributed by atoms with van der Waals surface area (Å²) in [6.45, 7) is 5.63. The van der Waals surface area contributed by atoms with Crippen molar-refractivity contribution in [1.82, 2.24) is 9.80 Å². The molecule has 6 rings (SSSR count). The van der Waals surface area contributed by atoms with Crippen LogP contribution >= 0.6 is 0 Å². The third kappa shape index (κ3) is 6.46. The Morgan fingerprint density at radius 2 is 1.40 bits per heavy atom. The zero-order valence-electron chi connectivity index (χ0n) is 25.1. The van der Waals surface area contributed by atoms with Crippen molar-refractivity contribution < 1.29 is 19.4 Å². The van der Waals surface area contributed by atoms with Gasteiger partial charge in [-0.1, -0.05) is 85.8 Å². The lowest BCUT2D eigenvalue weighted by Gasteiger charge is -2.37. The number of hydrogen-bond donors (Lipinski definition) is 1. The van der Waals surface area contributed by atoms with Gasteiger partial charge in [-0.3, -0.25) is 4.79 Å². The van der Waals surface area contributed by atoms with E-state index < -0.39 is 5.60 Å². The van der Waals surface area contributed by atoms with Gasteiger partial charge in [0.1, 0.15) is 24.7 Å². The SMILES string of the molecule is CCc1cc(C(=O)N2Cc3ccc(C4(O)CCN(C)CC4)cc3C2)c(OCc2ccccc2)cc1OCc1ccccc1. The Hall–Kier alpha value is -4.13. The molecular formula is C37H40N2O4. The lowest BCUT2D eigenvalue weighted by molar-refractivity contribution is -0.0203. The lowest BCUT2D eigenvalue weighted by atomic mass is 9.83. The standard InChI is InChI=1S/C37H40N2O4/c1-3-29-21-33(35(43-26-28-12-8-5-9-13-28)22-34(29)42-25-27-10-6-4-7-11-27)36(40)39-23-30-14-15-32(20-31(30)24-39)37(41)16-18-38(2)19-17-37/h4-15,20-22,41H,3,16-19,23-26H2,1-2H3. The highest BCUT2D eigenvalue weighted by molar-refractivity contribution is 5.97. The maximum absolute atomic E-state index is 14.1. The van der Waals surface area contributed by atoms with Crippen molar-refractivity contribution in [3.8, 4) is 11.5 Å². The van der Waals surface area contributed by atoms with Gasteiger partial charge in [-0.05, 0) is 65.8 Å². The van der Waals surface area contributed by atoms with Crippen LogP contribution in [-0.4, -0.2) is 41.0 Å². The molecular weight excluding hydrogens is 536 g/mol. The Balaban J connectivity index is 1.26. The Labute approximate surface area is 254 Å². The number of amides is 1. The molecule has 6 nitrogen and oxygen atoms in total. The van der Waals surface area contributed by atoms with Crippen LogP contribution in [0.2, 0.25) is 0 Å². The molecule has 0 radical (unpaired) electrons. The molecule has 1 amide bonds. The maximum atomic E-state index is 14.1. The van der Waals surface area contributed by atoms with Gasteiger partial charge in [-0.2, -0.15) is 0 Å². The van der Waals surface area contributed by atoms with Gasteiger partial charge in [-0.15, -0.1) is 0 Å². The molecule has 0 atom stereocenters. The number of piperidine rings is 1. The molecule has 4 aromatic carbocycles. The minimum atomic E-state index is -0.816. The molecule has 2 aliphatic rings. The van der Waals surface area contributed by atoms with Crippen LogP contribution < -0.4 is 9.47 Å². The summed E-state index contributed by atoms with van der Waals surface area (Å²) in [6, 6.07) is 30.1. The van der Waals surface area contributed by atoms with Crippen LogP contribution in [0.15, 0.2) is 91.0 Å². The average Bonchev–Trinajstić information content (AvgIpc) is 3.48. The zero-order chi connectivity index (χ0) is 29.8. The molecule has 2 aliphatic heterocycles. The van der Waals surface area contributed by atoms with Gasteiger partial charge in [0.15, 0.2) is 0 Å². The van der Waals surface area contributed by atoms with Crippen molar-refractivity contribution in [2.75, 3.05) is 20.1 Å². The van der Waals surface area contributed by atoms with Gasteiger partial charge < -0.3 is 24.4 Å². The second kappa shape index (κ2) is 12.6. The number of aliphatic hydroxyl groups is 1. The summed E-state index contributed by atoms with van der Waals surface area (Å²) in [7, 11) is 2.09. The van der Waals surface area contributed by atoms with Crippen LogP contribution in [0.1, 0.15) is 63.5 Å². The number of aryl methyl sites for hydroxylation is 1. The maximum Gasteiger partial charge on any atom is 0.258 e. The zero-order valence-corrected chi connectivity index (χ0v) is 25.1. The number of carbonyl (C=O) groups excluding carboxylic acids is 1. The largest absolute Gasteiger partial charge is 0.488 e. The van der Waals surface area contributed by atoms with E-state index in [0.717, 1.165) is 58.6 Å². The molecule has 0 aromatic heterocycles. The highest BCUT2D eigenvalue weighted by atomic mass is 16.5. The monoisotopic (exact) mass is 576 g/mol. The fourth-order valence-corrected chi connectivity index (χ4v) is 6.05. The first-order chi connectivity index (χ1) is 20.9. The Kier molecular flexibility index (Phi) is 8.50. The van der Waals surface area contributed by atoms with E-state index in [4.69, 9.17) is 9.47 Å². The molecule has 0 bridgehead atoms. The van der Waals surface area contributed by atoms with Crippen molar-refractivity contribution >= 4 is 5.91 Å². The minimum absolute atomic E-state index is 0.0666. The Morgan fingerprint density at radius 1 is 0.791 bits per heavy atom. The highest BCUT2D eigenvalue weighted by Gasteiger charge is 2.35. The van der Waals surface area contributed by atoms with E-state index in [9.17, 15) is 9.90 Å². The summed E-state index contributed by atoms with van der Waals surface area (Å²) >= 11 is 0. The normalized spacial score (nSPS) is 16.1. The molecule has 222 valence electrons. The average molecular weight is 577 g/mol. The molecule has 0 unspecified atom stereocenters. The molecule has 6 heteroatoms. The molecule has 2 heterocycles. The smallest absolute Gasteiger partial charge is 0.258 e. The van der Waals surface area contributed by atoms with Crippen molar-refractivity contribution in [3.05, 3.63) is 130 Å². The Bertz CT molecular complexity index is 1560. The van der Waals surface area contributed by atoms with Gasteiger partial charge >= 0.3 is 0 Å². The van der Waals surface area contributed by atoms with E-state index in [1.807, 2.05) is 83.8 Å². The summed E-state index contributed by atoms with van der Waals surface area (Å²) < 4.78 is 12.6. The first kappa shape index (κ1) is 29.0. The third-order valence-electron chi connectivity index (χ3n) is 8.82. The van der Waals surface area contributed by atoms with Crippen molar-refractivity contribution in [3.63, 3.8) is 0 Å². The number of carbonyl (C=O) groups is 1. The summed E-state index contributed by atoms with van der Waals surface area (Å²) in [5.41, 5.74) is 5.98. The first-order valence-electron chi connectivity index (χ1n) is 15.2. The number of fused-ring (bicyclic) bond motifs is 1. The van der Waals surface area contributed by atoms with E-state index in [0.29, 0.717) is 50.5 Å². The van der Waals surface area contributed by atoms with Gasteiger partial charge in [0.2, 0.25) is 0 Å². The van der Waals surface area contributed by atoms with Gasteiger partial charge in [0.05, 0.1) is 11.2 Å². The van der Waals surface area contributed by atoms with Crippen LogP contribution in [0, 0.1) is 0 Å². The quantitative estimate of drug-likeness (QED) is 0.247. The molecule has 1 fully saturated rings. The second-order valence-corrected chi connectivity index (χ2v) is 11.8. The number of ether oxygens (including phenoxy) is 2. The second-order valence-electron chi connectivity index (χ2n) is 11.8. The number of benzene rings is 4. The number of rotatable bonds is 9. The van der Waals surface area contributed by atoms with E-state index in [1.54, 1.807) is 0 Å². The summed E-state index contributed by atoms with van der Waals surface area (Å²) in [4.78, 5) is 18.3. The molecule has 0 spiro atoms. The van der Waals surface area contributed by atoms with E-state index in [2.05, 4.69) is 31.0 Å². The van der Waals surface area contributed by atoms with Crippen LogP contribution in [0.25, 0.3) is 0 Å². The van der Waals surface area contributed by atoms with Crippen LogP contribution in [0.5, 0.6) is 11.5 Å². The van der Waals surface area contributed by atoms with Crippen molar-refractivity contribution in [2.24, 2.45) is 0 Å². The predicted octanol–water partition coefficient (Wildman–Crippen LogP) is 6.48. The molecule has 1 N–H and O–H groups in total. The number of nitrogens with zero attached hydrogens (tertiary/aromatic N) is 2. The fraction of sp³-hybridized carbons (Fsp3) is 0.324. The van der Waals surface area contributed by atoms with Crippen molar-refractivity contribution in [1.29, 1.82) is 0 Å². The van der Waals surface area contributed by atoms with Crippen LogP contribution in [0.4, 0.5) is 0 Å². The van der Waals surface area contributed by atoms with Gasteiger partial charge in [0.25, 0.3) is 5.91 Å². The minimum Gasteiger partial charge on any atom is -0.488 e. The van der Waals surface area contributed by atoms with E-state index in [1.165, 1.54) is 0 Å². The Morgan fingerprint density at radius 3 is 2.02 bits per heavy atom. The summed E-state index contributed by atoms with van der Waals surface area (Å²) in [6.07, 6.45) is 2.15. The highest BCUT2D eigenvalue weighted by Crippen LogP contribution is 2.37. The first-order valence-corrected chi connectivity index (χ1v) is 15.2. The number of likely N-dealkylation sites (tertiary alicyclic amines) is 1. The topological polar surface area (TPSA) is 62.2 Å². The summed E-state index contributed by atoms with van der Waals surface area (Å²) in [5.74, 6) is 1.18. The van der Waals surface area contributed by atoms with Gasteiger partial charge in [0, 0.05) is 32.2 Å². The van der Waals surface area contributed by atoms with Gasteiger partial charge in [-0.25, -0.2) is 0 Å². The third-order valence-corrected chi connectivity index (χ3v) is 8.82. The molecule has 0 saturated carbocycles. The number of hydrogen-bond acceptors (Lipinski definition) is 5. The lowest BCUT2D eigenvalue weighted by Crippen LogP contribution is -2.40. The molecule has 0 aliphatic carbocycles. The molecule has 4 aromatic rings. The van der Waals surface area contributed by atoms with Crippen LogP contribution in [0.3, 0.4) is 0 Å². The molecule has 1 saturated heterocycles.